The molecule has 2 amide bonds. The first-order valence-corrected chi connectivity index (χ1v) is 8.75. The number of carbonyl (C=O) groups is 3. The number of thioether (sulfide) groups is 1. The zero-order valence-electron chi connectivity index (χ0n) is 14.6. The van der Waals surface area contributed by atoms with Crippen molar-refractivity contribution in [2.45, 2.75) is 68.7 Å². The van der Waals surface area contributed by atoms with Crippen LogP contribution in [0.5, 0.6) is 0 Å². The molecule has 0 aromatic carbocycles. The molecule has 7 nitrogen and oxygen atoms in total. The number of amides is 2. The quantitative estimate of drug-likeness (QED) is 0.556. The van der Waals surface area contributed by atoms with Crippen LogP contribution in [0.3, 0.4) is 0 Å². The van der Waals surface area contributed by atoms with Crippen molar-refractivity contribution in [3.63, 3.8) is 0 Å². The van der Waals surface area contributed by atoms with Crippen molar-refractivity contribution >= 4 is 29.5 Å². The van der Waals surface area contributed by atoms with Gasteiger partial charge in [0.2, 0.25) is 11.8 Å². The number of carbonyl (C=O) groups excluding carboxylic acids is 2. The topological polar surface area (TPSA) is 108 Å². The van der Waals surface area contributed by atoms with Crippen molar-refractivity contribution in [2.75, 3.05) is 0 Å². The van der Waals surface area contributed by atoms with Crippen LogP contribution in [0.2, 0.25) is 0 Å². The molecule has 0 aliphatic carbocycles. The van der Waals surface area contributed by atoms with E-state index in [0.717, 1.165) is 0 Å². The summed E-state index contributed by atoms with van der Waals surface area (Å²) in [5.41, 5.74) is 0.437. The average molecular weight is 355 g/mol. The summed E-state index contributed by atoms with van der Waals surface area (Å²) in [6.45, 7) is 10.1. The van der Waals surface area contributed by atoms with Crippen LogP contribution in [0.4, 0.5) is 0 Å². The molecule has 2 atom stereocenters. The predicted molar refractivity (Wildman–Crippen MR) is 92.5 cm³/mol. The van der Waals surface area contributed by atoms with Crippen molar-refractivity contribution in [3.8, 4) is 0 Å². The largest absolute Gasteiger partial charge is 0.481 e. The van der Waals surface area contributed by atoms with Crippen molar-refractivity contribution in [1.82, 2.24) is 16.0 Å². The van der Waals surface area contributed by atoms with Gasteiger partial charge in [-0.05, 0) is 34.6 Å². The van der Waals surface area contributed by atoms with Gasteiger partial charge in [-0.1, -0.05) is 0 Å². The molecule has 2 aliphatic rings. The molecule has 8 heteroatoms. The van der Waals surface area contributed by atoms with Gasteiger partial charge in [-0.25, -0.2) is 0 Å². The molecule has 1 saturated heterocycles. The molecule has 2 heterocycles. The molecule has 1 fully saturated rings. The number of rotatable bonds is 6. The van der Waals surface area contributed by atoms with Gasteiger partial charge in [-0.3, -0.25) is 14.4 Å². The van der Waals surface area contributed by atoms with Crippen LogP contribution in [0.1, 0.15) is 41.0 Å². The molecular formula is C16H25N3O4S. The predicted octanol–water partition coefficient (Wildman–Crippen LogP) is 0.610. The lowest BCUT2D eigenvalue weighted by Crippen LogP contribution is -2.68. The second-order valence-electron chi connectivity index (χ2n) is 7.38. The maximum atomic E-state index is 12.5. The van der Waals surface area contributed by atoms with Crippen molar-refractivity contribution in [1.29, 1.82) is 0 Å². The third-order valence-electron chi connectivity index (χ3n) is 4.34. The Morgan fingerprint density at radius 3 is 2.42 bits per heavy atom. The molecule has 0 unspecified atom stereocenters. The number of nitrogens with one attached hydrogen (secondary N) is 3. The maximum Gasteiger partial charge on any atom is 0.305 e. The molecule has 134 valence electrons. The van der Waals surface area contributed by atoms with Gasteiger partial charge in [-0.15, -0.1) is 11.8 Å². The van der Waals surface area contributed by atoms with Gasteiger partial charge in [0.25, 0.3) is 0 Å². The molecule has 4 N–H and O–H groups in total. The van der Waals surface area contributed by atoms with Crippen LogP contribution in [-0.4, -0.2) is 50.5 Å². The molecule has 24 heavy (non-hydrogen) atoms. The number of hydrogen-bond acceptors (Lipinski definition) is 5. The van der Waals surface area contributed by atoms with E-state index in [1.165, 1.54) is 6.08 Å². The van der Waals surface area contributed by atoms with Crippen LogP contribution in [0, 0.1) is 0 Å². The summed E-state index contributed by atoms with van der Waals surface area (Å²) in [5.74, 6) is -1.54. The molecule has 0 radical (unpaired) electrons. The summed E-state index contributed by atoms with van der Waals surface area (Å²) in [4.78, 5) is 34.8. The van der Waals surface area contributed by atoms with Crippen LogP contribution >= 0.6 is 11.8 Å². The summed E-state index contributed by atoms with van der Waals surface area (Å²) in [6, 6.07) is -1.16. The fraction of sp³-hybridized carbons (Fsp3) is 0.688. The lowest BCUT2D eigenvalue weighted by Gasteiger charge is -2.57. The Bertz CT molecular complexity index is 586. The Kier molecular flexibility index (Phi) is 4.90. The van der Waals surface area contributed by atoms with Crippen LogP contribution in [-0.2, 0) is 14.4 Å². The van der Waals surface area contributed by atoms with Gasteiger partial charge in [0.05, 0.1) is 18.5 Å². The minimum atomic E-state index is -1.01. The highest BCUT2D eigenvalue weighted by Gasteiger charge is 2.54. The van der Waals surface area contributed by atoms with E-state index in [2.05, 4.69) is 43.6 Å². The first kappa shape index (κ1) is 18.6. The summed E-state index contributed by atoms with van der Waals surface area (Å²) in [6.07, 6.45) is 1.09. The lowest BCUT2D eigenvalue weighted by molar-refractivity contribution is -0.137. The monoisotopic (exact) mass is 355 g/mol. The highest BCUT2D eigenvalue weighted by atomic mass is 32.2. The maximum absolute atomic E-state index is 12.5. The van der Waals surface area contributed by atoms with Gasteiger partial charge in [0.1, 0.15) is 6.04 Å². The second-order valence-corrected chi connectivity index (χ2v) is 9.68. The van der Waals surface area contributed by atoms with E-state index in [1.807, 2.05) is 11.8 Å². The van der Waals surface area contributed by atoms with Gasteiger partial charge in [0.15, 0.2) is 0 Å². The SMILES string of the molecule is C[C@@H](NC1=CC(=O)N[C@H]1CC(=O)O)C(=O)NC1C(C)(C)SC1(C)C. The smallest absolute Gasteiger partial charge is 0.305 e. The Balaban J connectivity index is 1.97. The van der Waals surface area contributed by atoms with E-state index in [1.54, 1.807) is 6.92 Å². The van der Waals surface area contributed by atoms with Crippen LogP contribution in [0.15, 0.2) is 11.8 Å². The van der Waals surface area contributed by atoms with Gasteiger partial charge >= 0.3 is 5.97 Å². The number of hydrogen-bond donors (Lipinski definition) is 4. The molecule has 2 rings (SSSR count). The fourth-order valence-corrected chi connectivity index (χ4v) is 5.63. The molecular weight excluding hydrogens is 330 g/mol. The fourth-order valence-electron chi connectivity index (χ4n) is 3.52. The average Bonchev–Trinajstić information content (AvgIpc) is 2.73. The van der Waals surface area contributed by atoms with Gasteiger partial charge in [-0.2, -0.15) is 0 Å². The molecule has 0 bridgehead atoms. The Hall–Kier alpha value is -1.70. The number of aliphatic carboxylic acids is 1. The van der Waals surface area contributed by atoms with Crippen LogP contribution in [0.25, 0.3) is 0 Å². The first-order valence-electron chi connectivity index (χ1n) is 7.93. The van der Waals surface area contributed by atoms with Crippen LogP contribution < -0.4 is 16.0 Å². The highest BCUT2D eigenvalue weighted by molar-refractivity contribution is 8.03. The van der Waals surface area contributed by atoms with E-state index in [4.69, 9.17) is 5.11 Å². The third kappa shape index (κ3) is 3.85. The Labute approximate surface area is 146 Å². The second kappa shape index (κ2) is 6.31. The Morgan fingerprint density at radius 2 is 1.92 bits per heavy atom. The van der Waals surface area contributed by atoms with E-state index in [9.17, 15) is 14.4 Å². The van der Waals surface area contributed by atoms with E-state index >= 15 is 0 Å². The van der Waals surface area contributed by atoms with Crippen molar-refractivity contribution in [3.05, 3.63) is 11.8 Å². The summed E-state index contributed by atoms with van der Waals surface area (Å²) in [5, 5.41) is 17.5. The van der Waals surface area contributed by atoms with Crippen molar-refractivity contribution in [2.24, 2.45) is 0 Å². The minimum absolute atomic E-state index is 0.0329. The molecule has 0 aromatic heterocycles. The lowest BCUT2D eigenvalue weighted by atomic mass is 9.89. The van der Waals surface area contributed by atoms with E-state index in [0.29, 0.717) is 5.70 Å². The Morgan fingerprint density at radius 1 is 1.33 bits per heavy atom. The standard InChI is InChI=1S/C16H25N3O4S/c1-8(13(23)19-14-15(2,3)24-16(14,4)5)17-9-6-11(20)18-10(9)7-12(21)22/h6,8,10,14,17H,7H2,1-5H3,(H,18,20)(H,19,23)(H,21,22)/t8-,10+/m1/s1. The van der Waals surface area contributed by atoms with Gasteiger partial charge < -0.3 is 21.1 Å². The minimum Gasteiger partial charge on any atom is -0.481 e. The first-order chi connectivity index (χ1) is 10.9. The van der Waals surface area contributed by atoms with Gasteiger partial charge in [0, 0.05) is 21.3 Å². The molecule has 0 saturated carbocycles. The van der Waals surface area contributed by atoms with Crippen molar-refractivity contribution < 1.29 is 19.5 Å². The summed E-state index contributed by atoms with van der Waals surface area (Å²) >= 11 is 1.82. The van der Waals surface area contributed by atoms with E-state index < -0.39 is 18.1 Å². The summed E-state index contributed by atoms with van der Waals surface area (Å²) in [7, 11) is 0. The molecule has 0 spiro atoms. The molecule has 2 aliphatic heterocycles. The number of carboxylic acids is 1. The normalized spacial score (nSPS) is 26.0. The third-order valence-corrected chi connectivity index (χ3v) is 5.86. The number of carboxylic acid groups (broad SMARTS) is 1. The zero-order chi connectivity index (χ0) is 18.3. The highest BCUT2D eigenvalue weighted by Crippen LogP contribution is 2.54. The summed E-state index contributed by atoms with van der Waals surface area (Å²) < 4.78 is -0.0657. The zero-order valence-corrected chi connectivity index (χ0v) is 15.4. The molecule has 0 aromatic rings. The van der Waals surface area contributed by atoms with E-state index in [-0.39, 0.29) is 33.8 Å².